The minimum atomic E-state index is 0.505. The van der Waals surface area contributed by atoms with Crippen molar-refractivity contribution in [3.8, 4) is 0 Å². The van der Waals surface area contributed by atoms with Crippen molar-refractivity contribution in [2.45, 2.75) is 43.9 Å². The summed E-state index contributed by atoms with van der Waals surface area (Å²) in [6.07, 6.45) is 12.8. The van der Waals surface area contributed by atoms with Gasteiger partial charge < -0.3 is 4.98 Å². The molecular weight excluding hydrogens is 184 g/mol. The fourth-order valence-electron chi connectivity index (χ4n) is 4.99. The Morgan fingerprint density at radius 1 is 1.07 bits per heavy atom. The summed E-state index contributed by atoms with van der Waals surface area (Å²) in [5.74, 6) is 3.08. The van der Waals surface area contributed by atoms with Gasteiger partial charge in [0.1, 0.15) is 0 Å². The van der Waals surface area contributed by atoms with Crippen LogP contribution in [0.25, 0.3) is 0 Å². The van der Waals surface area contributed by atoms with E-state index in [9.17, 15) is 0 Å². The number of H-pyrrole nitrogens is 1. The average Bonchev–Trinajstić information content (AvgIpc) is 2.67. The van der Waals surface area contributed by atoms with Gasteiger partial charge in [-0.15, -0.1) is 0 Å². The molecule has 1 aromatic heterocycles. The van der Waals surface area contributed by atoms with Crippen molar-refractivity contribution in [1.82, 2.24) is 9.97 Å². The molecule has 2 heteroatoms. The lowest BCUT2D eigenvalue weighted by atomic mass is 9.49. The minimum absolute atomic E-state index is 0.505. The van der Waals surface area contributed by atoms with Crippen LogP contribution in [0.15, 0.2) is 12.5 Å². The predicted molar refractivity (Wildman–Crippen MR) is 58.4 cm³/mol. The fourth-order valence-corrected chi connectivity index (χ4v) is 4.99. The van der Waals surface area contributed by atoms with Gasteiger partial charge in [-0.05, 0) is 56.3 Å². The van der Waals surface area contributed by atoms with Crippen molar-refractivity contribution >= 4 is 0 Å². The van der Waals surface area contributed by atoms with Crippen LogP contribution in [0.3, 0.4) is 0 Å². The van der Waals surface area contributed by atoms with Gasteiger partial charge in [-0.3, -0.25) is 0 Å². The highest BCUT2D eigenvalue weighted by molar-refractivity contribution is 5.20. The monoisotopic (exact) mass is 202 g/mol. The molecule has 2 nitrogen and oxygen atoms in total. The van der Waals surface area contributed by atoms with Crippen molar-refractivity contribution in [3.05, 3.63) is 18.2 Å². The second kappa shape index (κ2) is 2.66. The second-order valence-corrected chi connectivity index (χ2v) is 6.16. The van der Waals surface area contributed by atoms with Gasteiger partial charge in [-0.1, -0.05) is 0 Å². The van der Waals surface area contributed by atoms with Gasteiger partial charge in [-0.25, -0.2) is 4.98 Å². The van der Waals surface area contributed by atoms with Gasteiger partial charge in [0.05, 0.1) is 6.33 Å². The van der Waals surface area contributed by atoms with Crippen LogP contribution in [0.4, 0.5) is 0 Å². The van der Waals surface area contributed by atoms with E-state index in [1.165, 1.54) is 44.2 Å². The first-order chi connectivity index (χ1) is 7.34. The first-order valence-corrected chi connectivity index (χ1v) is 6.33. The first-order valence-electron chi connectivity index (χ1n) is 6.33. The van der Waals surface area contributed by atoms with E-state index in [1.54, 1.807) is 0 Å². The molecule has 15 heavy (non-hydrogen) atoms. The molecule has 4 fully saturated rings. The Balaban J connectivity index is 1.77. The number of aromatic amines is 1. The molecule has 4 aliphatic carbocycles. The van der Waals surface area contributed by atoms with Crippen LogP contribution in [0.5, 0.6) is 0 Å². The molecule has 0 aromatic carbocycles. The van der Waals surface area contributed by atoms with E-state index in [0.717, 1.165) is 17.8 Å². The average molecular weight is 202 g/mol. The molecule has 1 aromatic rings. The van der Waals surface area contributed by atoms with E-state index in [0.29, 0.717) is 5.41 Å². The molecule has 4 aliphatic rings. The van der Waals surface area contributed by atoms with E-state index >= 15 is 0 Å². The Morgan fingerprint density at radius 3 is 2.13 bits per heavy atom. The van der Waals surface area contributed by atoms with Crippen molar-refractivity contribution in [2.24, 2.45) is 17.8 Å². The quantitative estimate of drug-likeness (QED) is 0.745. The topological polar surface area (TPSA) is 28.7 Å². The first kappa shape index (κ1) is 8.37. The summed E-state index contributed by atoms with van der Waals surface area (Å²) in [5.41, 5.74) is 1.94. The molecule has 1 N–H and O–H groups in total. The number of aromatic nitrogens is 2. The summed E-state index contributed by atoms with van der Waals surface area (Å²) >= 11 is 0. The molecule has 0 saturated heterocycles. The van der Waals surface area contributed by atoms with Gasteiger partial charge in [0.15, 0.2) is 0 Å². The van der Waals surface area contributed by atoms with Crippen LogP contribution in [-0.2, 0) is 5.41 Å². The zero-order chi connectivity index (χ0) is 9.88. The molecule has 0 radical (unpaired) electrons. The highest BCUT2D eigenvalue weighted by atomic mass is 14.9. The highest BCUT2D eigenvalue weighted by Gasteiger charge is 2.52. The molecular formula is C13H18N2. The van der Waals surface area contributed by atoms with Crippen LogP contribution in [0.2, 0.25) is 0 Å². The van der Waals surface area contributed by atoms with Crippen molar-refractivity contribution in [1.29, 1.82) is 0 Å². The summed E-state index contributed by atoms with van der Waals surface area (Å²) in [5, 5.41) is 0. The third-order valence-electron chi connectivity index (χ3n) is 5.11. The lowest BCUT2D eigenvalue weighted by Gasteiger charge is -2.56. The zero-order valence-corrected chi connectivity index (χ0v) is 9.08. The largest absolute Gasteiger partial charge is 0.348 e. The van der Waals surface area contributed by atoms with Crippen LogP contribution in [-0.4, -0.2) is 9.97 Å². The molecule has 0 aliphatic heterocycles. The summed E-state index contributed by atoms with van der Waals surface area (Å²) in [7, 11) is 0. The van der Waals surface area contributed by atoms with Gasteiger partial charge in [0.2, 0.25) is 0 Å². The van der Waals surface area contributed by atoms with Crippen molar-refractivity contribution < 1.29 is 0 Å². The number of imidazole rings is 1. The van der Waals surface area contributed by atoms with Crippen LogP contribution in [0.1, 0.15) is 44.2 Å². The number of hydrogen-bond donors (Lipinski definition) is 1. The predicted octanol–water partition coefficient (Wildman–Crippen LogP) is 2.88. The Bertz CT molecular complexity index is 331. The Labute approximate surface area is 90.5 Å². The molecule has 0 unspecified atom stereocenters. The van der Waals surface area contributed by atoms with Crippen molar-refractivity contribution in [2.75, 3.05) is 0 Å². The lowest BCUT2D eigenvalue weighted by Crippen LogP contribution is -2.48. The molecule has 5 rings (SSSR count). The maximum atomic E-state index is 4.22. The number of nitrogens with zero attached hydrogens (tertiary/aromatic N) is 1. The van der Waals surface area contributed by atoms with Crippen LogP contribution < -0.4 is 0 Å². The standard InChI is InChI=1S/C13H18N2/c1-9-2-11-3-10(1)5-13(4-9,6-11)12-7-14-8-15-12/h7-11H,1-6H2,(H,14,15). The Morgan fingerprint density at radius 2 is 1.67 bits per heavy atom. The summed E-state index contributed by atoms with van der Waals surface area (Å²) in [6.45, 7) is 0. The van der Waals surface area contributed by atoms with Gasteiger partial charge in [0, 0.05) is 17.3 Å². The smallest absolute Gasteiger partial charge is 0.0921 e. The van der Waals surface area contributed by atoms with Gasteiger partial charge in [-0.2, -0.15) is 0 Å². The number of nitrogens with one attached hydrogen (secondary N) is 1. The fraction of sp³-hybridized carbons (Fsp3) is 0.769. The molecule has 4 saturated carbocycles. The normalized spacial score (nSPS) is 47.3. The Hall–Kier alpha value is -0.790. The molecule has 80 valence electrons. The molecule has 1 heterocycles. The molecule has 4 bridgehead atoms. The van der Waals surface area contributed by atoms with Crippen LogP contribution in [0, 0.1) is 17.8 Å². The molecule has 0 amide bonds. The maximum Gasteiger partial charge on any atom is 0.0921 e. The lowest BCUT2D eigenvalue weighted by molar-refractivity contribution is -0.00701. The third kappa shape index (κ3) is 1.08. The second-order valence-electron chi connectivity index (χ2n) is 6.16. The molecule has 0 atom stereocenters. The minimum Gasteiger partial charge on any atom is -0.348 e. The van der Waals surface area contributed by atoms with E-state index in [-0.39, 0.29) is 0 Å². The Kier molecular flexibility index (Phi) is 1.48. The molecule has 0 spiro atoms. The SMILES string of the molecule is c1ncc(C23CC4CC(CC(C4)C2)C3)[nH]1. The van der Waals surface area contributed by atoms with Crippen molar-refractivity contribution in [3.63, 3.8) is 0 Å². The van der Waals surface area contributed by atoms with E-state index in [4.69, 9.17) is 0 Å². The van der Waals surface area contributed by atoms with Crippen LogP contribution >= 0.6 is 0 Å². The number of hydrogen-bond acceptors (Lipinski definition) is 1. The summed E-state index contributed by atoms with van der Waals surface area (Å²) < 4.78 is 0. The summed E-state index contributed by atoms with van der Waals surface area (Å²) in [6, 6.07) is 0. The third-order valence-corrected chi connectivity index (χ3v) is 5.11. The van der Waals surface area contributed by atoms with Gasteiger partial charge >= 0.3 is 0 Å². The maximum absolute atomic E-state index is 4.22. The highest BCUT2D eigenvalue weighted by Crippen LogP contribution is 2.60. The van der Waals surface area contributed by atoms with E-state index in [2.05, 4.69) is 16.2 Å². The number of rotatable bonds is 1. The summed E-state index contributed by atoms with van der Waals surface area (Å²) in [4.78, 5) is 7.61. The zero-order valence-electron chi connectivity index (χ0n) is 9.08. The van der Waals surface area contributed by atoms with Gasteiger partial charge in [0.25, 0.3) is 0 Å². The van der Waals surface area contributed by atoms with E-state index < -0.39 is 0 Å². The van der Waals surface area contributed by atoms with E-state index in [1.807, 2.05) is 6.33 Å².